The molecule has 0 fully saturated rings. The molecule has 0 spiro atoms. The van der Waals surface area contributed by atoms with Gasteiger partial charge >= 0.3 is 0 Å². The lowest BCUT2D eigenvalue weighted by molar-refractivity contribution is 0.509. The van der Waals surface area contributed by atoms with Crippen molar-refractivity contribution in [2.45, 2.75) is 31.0 Å². The number of aryl methyl sites for hydroxylation is 2. The van der Waals surface area contributed by atoms with Crippen LogP contribution < -0.4 is 0 Å². The third-order valence-corrected chi connectivity index (χ3v) is 5.24. The Morgan fingerprint density at radius 3 is 2.31 bits per heavy atom. The van der Waals surface area contributed by atoms with Crippen LogP contribution in [0.25, 0.3) is 22.5 Å². The van der Waals surface area contributed by atoms with E-state index in [-0.39, 0.29) is 5.25 Å². The van der Waals surface area contributed by atoms with Gasteiger partial charge in [-0.3, -0.25) is 0 Å². The molecule has 4 aromatic rings. The van der Waals surface area contributed by atoms with Gasteiger partial charge in [-0.25, -0.2) is 9.97 Å². The number of thioether (sulfide) groups is 1. The topological polar surface area (TPSA) is 64.7 Å². The minimum Gasteiger partial charge on any atom is -0.419 e. The van der Waals surface area contributed by atoms with E-state index in [0.717, 1.165) is 27.3 Å². The summed E-state index contributed by atoms with van der Waals surface area (Å²) in [5.41, 5.74) is 4.81. The molecule has 0 aliphatic heterocycles. The second-order valence-corrected chi connectivity index (χ2v) is 7.50. The molecule has 0 aliphatic rings. The average molecular weight is 362 g/mol. The van der Waals surface area contributed by atoms with E-state index in [0.29, 0.717) is 11.8 Å². The summed E-state index contributed by atoms with van der Waals surface area (Å²) in [7, 11) is 0. The van der Waals surface area contributed by atoms with E-state index in [2.05, 4.69) is 22.1 Å². The molecule has 2 heterocycles. The number of para-hydroxylation sites is 2. The molecule has 2 aromatic carbocycles. The number of fused-ring (bicyclic) bond motifs is 1. The zero-order chi connectivity index (χ0) is 18.1. The van der Waals surface area contributed by atoms with E-state index in [4.69, 9.17) is 9.40 Å². The van der Waals surface area contributed by atoms with Gasteiger partial charge in [0.05, 0.1) is 22.0 Å². The summed E-state index contributed by atoms with van der Waals surface area (Å²) in [5.74, 6) is 1.12. The second kappa shape index (κ2) is 6.88. The van der Waals surface area contributed by atoms with Crippen LogP contribution in [0.5, 0.6) is 0 Å². The summed E-state index contributed by atoms with van der Waals surface area (Å²) in [6.07, 6.45) is 0. The van der Waals surface area contributed by atoms with Crippen molar-refractivity contribution >= 4 is 22.8 Å². The normalized spacial score (nSPS) is 12.4. The molecule has 0 bridgehead atoms. The van der Waals surface area contributed by atoms with Crippen molar-refractivity contribution < 1.29 is 4.42 Å². The van der Waals surface area contributed by atoms with Gasteiger partial charge in [-0.1, -0.05) is 41.6 Å². The monoisotopic (exact) mass is 362 g/mol. The van der Waals surface area contributed by atoms with E-state index in [1.54, 1.807) is 11.8 Å². The van der Waals surface area contributed by atoms with Crippen LogP contribution in [-0.4, -0.2) is 20.2 Å². The first kappa shape index (κ1) is 16.7. The Balaban J connectivity index is 1.58. The highest BCUT2D eigenvalue weighted by Crippen LogP contribution is 2.35. The van der Waals surface area contributed by atoms with Crippen molar-refractivity contribution in [2.24, 2.45) is 0 Å². The van der Waals surface area contributed by atoms with Crippen LogP contribution >= 0.6 is 11.8 Å². The molecule has 0 saturated heterocycles. The molecule has 26 heavy (non-hydrogen) atoms. The third-order valence-electron chi connectivity index (χ3n) is 4.08. The lowest BCUT2D eigenvalue weighted by Gasteiger charge is -2.09. The summed E-state index contributed by atoms with van der Waals surface area (Å²) < 4.78 is 5.88. The number of aromatic nitrogens is 4. The molecule has 0 N–H and O–H groups in total. The average Bonchev–Trinajstić information content (AvgIpc) is 3.13. The minimum absolute atomic E-state index is 0.0177. The Kier molecular flexibility index (Phi) is 4.42. The van der Waals surface area contributed by atoms with Gasteiger partial charge in [0, 0.05) is 5.56 Å². The van der Waals surface area contributed by atoms with E-state index in [1.165, 1.54) is 5.56 Å². The maximum absolute atomic E-state index is 5.88. The fourth-order valence-corrected chi connectivity index (χ4v) is 3.51. The Labute approximate surface area is 155 Å². The first-order valence-corrected chi connectivity index (χ1v) is 9.28. The summed E-state index contributed by atoms with van der Waals surface area (Å²) >= 11 is 1.58. The van der Waals surface area contributed by atoms with Gasteiger partial charge in [0.2, 0.25) is 11.8 Å². The number of benzene rings is 2. The predicted octanol–water partition coefficient (Wildman–Crippen LogP) is 5.15. The zero-order valence-electron chi connectivity index (χ0n) is 14.8. The summed E-state index contributed by atoms with van der Waals surface area (Å²) in [4.78, 5) is 9.36. The SMILES string of the molecule is Cc1ccc(-c2nnc(C(C)Sc3nc4ccccc4nc3C)o2)cc1. The van der Waals surface area contributed by atoms with Crippen LogP contribution in [0.4, 0.5) is 0 Å². The van der Waals surface area contributed by atoms with Crippen molar-refractivity contribution in [1.82, 2.24) is 20.2 Å². The molecule has 0 radical (unpaired) electrons. The van der Waals surface area contributed by atoms with Gasteiger partial charge in [0.1, 0.15) is 5.03 Å². The Bertz CT molecular complexity index is 1060. The van der Waals surface area contributed by atoms with Crippen molar-refractivity contribution in [3.63, 3.8) is 0 Å². The van der Waals surface area contributed by atoms with Gasteiger partial charge in [-0.2, -0.15) is 0 Å². The van der Waals surface area contributed by atoms with E-state index >= 15 is 0 Å². The van der Waals surface area contributed by atoms with Crippen molar-refractivity contribution in [3.05, 3.63) is 65.7 Å². The quantitative estimate of drug-likeness (QED) is 0.468. The van der Waals surface area contributed by atoms with Crippen LogP contribution in [0, 0.1) is 13.8 Å². The number of nitrogens with zero attached hydrogens (tertiary/aromatic N) is 4. The number of hydrogen-bond donors (Lipinski definition) is 0. The smallest absolute Gasteiger partial charge is 0.247 e. The first-order valence-electron chi connectivity index (χ1n) is 8.40. The van der Waals surface area contributed by atoms with Crippen molar-refractivity contribution in [3.8, 4) is 11.5 Å². The zero-order valence-corrected chi connectivity index (χ0v) is 15.6. The highest BCUT2D eigenvalue weighted by molar-refractivity contribution is 7.99. The van der Waals surface area contributed by atoms with Crippen LogP contribution in [0.2, 0.25) is 0 Å². The maximum atomic E-state index is 5.88. The fraction of sp³-hybridized carbons (Fsp3) is 0.200. The van der Waals surface area contributed by atoms with Crippen LogP contribution in [-0.2, 0) is 0 Å². The van der Waals surface area contributed by atoms with Crippen LogP contribution in [0.3, 0.4) is 0 Å². The van der Waals surface area contributed by atoms with Crippen LogP contribution in [0.1, 0.15) is 29.3 Å². The van der Waals surface area contributed by atoms with Gasteiger partial charge < -0.3 is 4.42 Å². The van der Waals surface area contributed by atoms with Crippen LogP contribution in [0.15, 0.2) is 58.0 Å². The van der Waals surface area contributed by atoms with Crippen molar-refractivity contribution in [1.29, 1.82) is 0 Å². The Morgan fingerprint density at radius 1 is 0.885 bits per heavy atom. The maximum Gasteiger partial charge on any atom is 0.247 e. The first-order chi connectivity index (χ1) is 12.6. The molecule has 0 saturated carbocycles. The highest BCUT2D eigenvalue weighted by Gasteiger charge is 2.18. The van der Waals surface area contributed by atoms with Gasteiger partial charge in [-0.05, 0) is 45.0 Å². The standard InChI is InChI=1S/C20H18N4OS/c1-12-8-10-15(11-9-12)19-24-23-18(25-19)14(3)26-20-13(2)21-16-6-4-5-7-17(16)22-20/h4-11,14H,1-3H3. The molecular formula is C20H18N4OS. The van der Waals surface area contributed by atoms with E-state index < -0.39 is 0 Å². The molecule has 0 aliphatic carbocycles. The molecule has 1 atom stereocenters. The minimum atomic E-state index is -0.0177. The fourth-order valence-electron chi connectivity index (χ4n) is 2.61. The highest BCUT2D eigenvalue weighted by atomic mass is 32.2. The molecular weight excluding hydrogens is 344 g/mol. The van der Waals surface area contributed by atoms with E-state index in [1.807, 2.05) is 62.4 Å². The van der Waals surface area contributed by atoms with E-state index in [9.17, 15) is 0 Å². The number of hydrogen-bond acceptors (Lipinski definition) is 6. The molecule has 130 valence electrons. The van der Waals surface area contributed by atoms with Gasteiger partial charge in [0.15, 0.2) is 0 Å². The molecule has 6 heteroatoms. The van der Waals surface area contributed by atoms with Gasteiger partial charge in [-0.15, -0.1) is 10.2 Å². The largest absolute Gasteiger partial charge is 0.419 e. The lowest BCUT2D eigenvalue weighted by Crippen LogP contribution is -1.96. The molecule has 1 unspecified atom stereocenters. The predicted molar refractivity (Wildman–Crippen MR) is 103 cm³/mol. The second-order valence-electron chi connectivity index (χ2n) is 6.17. The Hall–Kier alpha value is -2.73. The molecule has 2 aromatic heterocycles. The Morgan fingerprint density at radius 2 is 1.58 bits per heavy atom. The lowest BCUT2D eigenvalue weighted by atomic mass is 10.1. The third kappa shape index (κ3) is 3.32. The molecule has 4 rings (SSSR count). The molecule has 0 amide bonds. The summed E-state index contributed by atoms with van der Waals surface area (Å²) in [5, 5.41) is 9.27. The van der Waals surface area contributed by atoms with Gasteiger partial charge in [0.25, 0.3) is 0 Å². The summed E-state index contributed by atoms with van der Waals surface area (Å²) in [6, 6.07) is 15.9. The number of rotatable bonds is 4. The summed E-state index contributed by atoms with van der Waals surface area (Å²) in [6.45, 7) is 6.06. The molecule has 5 nitrogen and oxygen atoms in total. The van der Waals surface area contributed by atoms with Crippen molar-refractivity contribution in [2.75, 3.05) is 0 Å².